The SMILES string of the molecule is N#CC1CCCCN1C(=O)c1ccc(OC(F)F)cc1. The molecule has 1 unspecified atom stereocenters. The third-order valence-electron chi connectivity index (χ3n) is 3.24. The maximum absolute atomic E-state index is 12.3. The number of hydrogen-bond donors (Lipinski definition) is 0. The van der Waals surface area contributed by atoms with Gasteiger partial charge in [-0.2, -0.15) is 14.0 Å². The number of ether oxygens (including phenoxy) is 1. The number of amides is 1. The largest absolute Gasteiger partial charge is 0.435 e. The Bertz CT molecular complexity index is 511. The first-order chi connectivity index (χ1) is 9.61. The maximum atomic E-state index is 12.3. The summed E-state index contributed by atoms with van der Waals surface area (Å²) >= 11 is 0. The zero-order valence-corrected chi connectivity index (χ0v) is 10.8. The second-order valence-corrected chi connectivity index (χ2v) is 4.54. The topological polar surface area (TPSA) is 53.3 Å². The maximum Gasteiger partial charge on any atom is 0.387 e. The molecule has 0 radical (unpaired) electrons. The minimum absolute atomic E-state index is 0.00651. The van der Waals surface area contributed by atoms with Crippen LogP contribution in [0.1, 0.15) is 29.6 Å². The molecule has 0 aliphatic carbocycles. The number of rotatable bonds is 3. The number of likely N-dealkylation sites (tertiary alicyclic amines) is 1. The summed E-state index contributed by atoms with van der Waals surface area (Å²) in [7, 11) is 0. The monoisotopic (exact) mass is 280 g/mol. The van der Waals surface area contributed by atoms with Crippen LogP contribution in [0.4, 0.5) is 8.78 Å². The molecular formula is C14H14F2N2O2. The van der Waals surface area contributed by atoms with Gasteiger partial charge < -0.3 is 9.64 Å². The third kappa shape index (κ3) is 3.23. The van der Waals surface area contributed by atoms with E-state index in [4.69, 9.17) is 5.26 Å². The number of nitriles is 1. The Kier molecular flexibility index (Phi) is 4.51. The van der Waals surface area contributed by atoms with Crippen LogP contribution in [-0.2, 0) is 0 Å². The lowest BCUT2D eigenvalue weighted by Crippen LogP contribution is -2.42. The molecule has 1 fully saturated rings. The van der Waals surface area contributed by atoms with Crippen molar-refractivity contribution in [3.8, 4) is 11.8 Å². The van der Waals surface area contributed by atoms with E-state index in [2.05, 4.69) is 10.8 Å². The van der Waals surface area contributed by atoms with Gasteiger partial charge in [0.05, 0.1) is 6.07 Å². The van der Waals surface area contributed by atoms with E-state index < -0.39 is 12.7 Å². The molecule has 1 atom stereocenters. The summed E-state index contributed by atoms with van der Waals surface area (Å²) in [5.74, 6) is -0.244. The molecule has 1 heterocycles. The Morgan fingerprint density at radius 3 is 2.65 bits per heavy atom. The molecule has 2 rings (SSSR count). The van der Waals surface area contributed by atoms with Crippen LogP contribution >= 0.6 is 0 Å². The van der Waals surface area contributed by atoms with Crippen LogP contribution in [0.25, 0.3) is 0 Å². The fourth-order valence-electron chi connectivity index (χ4n) is 2.25. The highest BCUT2D eigenvalue weighted by Gasteiger charge is 2.27. The van der Waals surface area contributed by atoms with Crippen molar-refractivity contribution in [2.45, 2.75) is 31.9 Å². The average Bonchev–Trinajstić information content (AvgIpc) is 2.46. The van der Waals surface area contributed by atoms with Gasteiger partial charge in [-0.3, -0.25) is 4.79 Å². The molecule has 0 spiro atoms. The Balaban J connectivity index is 2.10. The van der Waals surface area contributed by atoms with Gasteiger partial charge in [0, 0.05) is 12.1 Å². The van der Waals surface area contributed by atoms with Crippen LogP contribution in [0.2, 0.25) is 0 Å². The van der Waals surface area contributed by atoms with Crippen LogP contribution in [-0.4, -0.2) is 30.0 Å². The Hall–Kier alpha value is -2.16. The summed E-state index contributed by atoms with van der Waals surface area (Å²) in [5.41, 5.74) is 0.369. The summed E-state index contributed by atoms with van der Waals surface area (Å²) in [6.45, 7) is -2.34. The number of carbonyl (C=O) groups is 1. The fraction of sp³-hybridized carbons (Fsp3) is 0.429. The van der Waals surface area contributed by atoms with Crippen LogP contribution < -0.4 is 4.74 Å². The minimum Gasteiger partial charge on any atom is -0.435 e. The summed E-state index contributed by atoms with van der Waals surface area (Å²) in [6.07, 6.45) is 2.48. The van der Waals surface area contributed by atoms with E-state index in [9.17, 15) is 13.6 Å². The lowest BCUT2D eigenvalue weighted by molar-refractivity contribution is -0.0498. The van der Waals surface area contributed by atoms with E-state index >= 15 is 0 Å². The van der Waals surface area contributed by atoms with Gasteiger partial charge in [0.1, 0.15) is 11.8 Å². The number of piperidine rings is 1. The van der Waals surface area contributed by atoms with Crippen LogP contribution in [0, 0.1) is 11.3 Å². The van der Waals surface area contributed by atoms with Gasteiger partial charge in [-0.1, -0.05) is 0 Å². The lowest BCUT2D eigenvalue weighted by Gasteiger charge is -2.31. The molecule has 0 aromatic heterocycles. The molecule has 0 saturated carbocycles. The zero-order valence-electron chi connectivity index (χ0n) is 10.8. The standard InChI is InChI=1S/C14H14F2N2O2/c15-14(16)20-12-6-4-10(5-7-12)13(19)18-8-2-1-3-11(18)9-17/h4-7,11,14H,1-3,8H2. The first-order valence-electron chi connectivity index (χ1n) is 6.37. The number of benzene rings is 1. The Labute approximate surface area is 115 Å². The van der Waals surface area contributed by atoms with E-state index in [1.54, 1.807) is 0 Å². The van der Waals surface area contributed by atoms with Crippen molar-refractivity contribution < 1.29 is 18.3 Å². The number of nitrogens with zero attached hydrogens (tertiary/aromatic N) is 2. The fourth-order valence-corrected chi connectivity index (χ4v) is 2.25. The van der Waals surface area contributed by atoms with E-state index in [1.165, 1.54) is 29.2 Å². The molecule has 106 valence electrons. The van der Waals surface area contributed by atoms with Gasteiger partial charge in [-0.15, -0.1) is 0 Å². The smallest absolute Gasteiger partial charge is 0.387 e. The van der Waals surface area contributed by atoms with Gasteiger partial charge >= 0.3 is 6.61 Å². The van der Waals surface area contributed by atoms with Crippen LogP contribution in [0.15, 0.2) is 24.3 Å². The lowest BCUT2D eigenvalue weighted by atomic mass is 10.0. The summed E-state index contributed by atoms with van der Waals surface area (Å²) in [5, 5.41) is 9.05. The van der Waals surface area contributed by atoms with E-state index in [-0.39, 0.29) is 11.7 Å². The number of alkyl halides is 2. The van der Waals surface area contributed by atoms with E-state index in [1.807, 2.05) is 0 Å². The van der Waals surface area contributed by atoms with Crippen molar-refractivity contribution in [3.05, 3.63) is 29.8 Å². The number of halogens is 2. The molecule has 1 saturated heterocycles. The third-order valence-corrected chi connectivity index (χ3v) is 3.24. The molecule has 0 N–H and O–H groups in total. The molecule has 4 nitrogen and oxygen atoms in total. The van der Waals surface area contributed by atoms with Crippen molar-refractivity contribution in [2.24, 2.45) is 0 Å². The van der Waals surface area contributed by atoms with Crippen molar-refractivity contribution in [1.29, 1.82) is 5.26 Å². The Morgan fingerprint density at radius 2 is 2.05 bits per heavy atom. The molecule has 1 aliphatic rings. The predicted molar refractivity (Wildman–Crippen MR) is 67.4 cm³/mol. The molecule has 1 aromatic carbocycles. The predicted octanol–water partition coefficient (Wildman–Crippen LogP) is 2.81. The molecule has 1 aliphatic heterocycles. The highest BCUT2D eigenvalue weighted by atomic mass is 19.3. The zero-order chi connectivity index (χ0) is 14.5. The normalized spacial score (nSPS) is 18.7. The quantitative estimate of drug-likeness (QED) is 0.855. The van der Waals surface area contributed by atoms with Gasteiger partial charge in [-0.05, 0) is 43.5 Å². The van der Waals surface area contributed by atoms with Gasteiger partial charge in [-0.25, -0.2) is 0 Å². The van der Waals surface area contributed by atoms with Crippen molar-refractivity contribution in [3.63, 3.8) is 0 Å². The summed E-state index contributed by atoms with van der Waals surface area (Å²) in [6, 6.07) is 7.23. The first kappa shape index (κ1) is 14.3. The van der Waals surface area contributed by atoms with E-state index in [0.717, 1.165) is 12.8 Å². The summed E-state index contributed by atoms with van der Waals surface area (Å²) < 4.78 is 28.3. The van der Waals surface area contributed by atoms with Crippen molar-refractivity contribution in [2.75, 3.05) is 6.54 Å². The van der Waals surface area contributed by atoms with Gasteiger partial charge in [0.2, 0.25) is 0 Å². The average molecular weight is 280 g/mol. The molecule has 1 amide bonds. The number of hydrogen-bond acceptors (Lipinski definition) is 3. The Morgan fingerprint density at radius 1 is 1.35 bits per heavy atom. The van der Waals surface area contributed by atoms with Crippen LogP contribution in [0.5, 0.6) is 5.75 Å². The second kappa shape index (κ2) is 6.33. The molecule has 1 aromatic rings. The molecule has 20 heavy (non-hydrogen) atoms. The summed E-state index contributed by atoms with van der Waals surface area (Å²) in [4.78, 5) is 13.8. The van der Waals surface area contributed by atoms with Gasteiger partial charge in [0.15, 0.2) is 0 Å². The molecule has 0 bridgehead atoms. The van der Waals surface area contributed by atoms with Crippen LogP contribution in [0.3, 0.4) is 0 Å². The molecule has 6 heteroatoms. The highest BCUT2D eigenvalue weighted by Crippen LogP contribution is 2.21. The number of carbonyl (C=O) groups excluding carboxylic acids is 1. The van der Waals surface area contributed by atoms with E-state index in [0.29, 0.717) is 18.5 Å². The highest BCUT2D eigenvalue weighted by molar-refractivity contribution is 5.94. The second-order valence-electron chi connectivity index (χ2n) is 4.54. The van der Waals surface area contributed by atoms with Gasteiger partial charge in [0.25, 0.3) is 5.91 Å². The molecular weight excluding hydrogens is 266 g/mol. The van der Waals surface area contributed by atoms with Crippen molar-refractivity contribution in [1.82, 2.24) is 4.90 Å². The first-order valence-corrected chi connectivity index (χ1v) is 6.37. The van der Waals surface area contributed by atoms with Crippen molar-refractivity contribution >= 4 is 5.91 Å². The minimum atomic E-state index is -2.89.